The van der Waals surface area contributed by atoms with Gasteiger partial charge >= 0.3 is 5.69 Å². The van der Waals surface area contributed by atoms with Crippen LogP contribution in [0.25, 0.3) is 0 Å². The van der Waals surface area contributed by atoms with Crippen LogP contribution in [0, 0.1) is 10.1 Å². The number of anilines is 2. The summed E-state index contributed by atoms with van der Waals surface area (Å²) in [5.41, 5.74) is 5.36. The summed E-state index contributed by atoms with van der Waals surface area (Å²) < 4.78 is 1.28. The molecule has 3 N–H and O–H groups in total. The maximum absolute atomic E-state index is 13.1. The minimum Gasteiger partial charge on any atom is -0.383 e. The maximum Gasteiger partial charge on any atom is 0.330 e. The minimum atomic E-state index is -0.705. The van der Waals surface area contributed by atoms with Crippen molar-refractivity contribution in [1.82, 2.24) is 9.55 Å². The van der Waals surface area contributed by atoms with Gasteiger partial charge in [-0.15, -0.1) is 0 Å². The average molecular weight is 431 g/mol. The third-order valence-electron chi connectivity index (χ3n) is 5.01. The molecule has 0 unspecified atom stereocenters. The fraction of sp³-hybridized carbons (Fsp3) is 0.476. The normalized spacial score (nSPS) is 10.8. The number of unbranched alkanes of at least 4 members (excludes halogenated alkanes) is 3. The largest absolute Gasteiger partial charge is 0.383 e. The van der Waals surface area contributed by atoms with Crippen molar-refractivity contribution in [3.8, 4) is 0 Å². The second kappa shape index (κ2) is 11.1. The number of aromatic amines is 1. The van der Waals surface area contributed by atoms with E-state index in [0.717, 1.165) is 19.3 Å². The number of carbonyl (C=O) groups excluding carboxylic acids is 1. The standard InChI is InChI=1S/C21H29N5O5/c1-3-5-7-13-24(17(27)14-15-8-10-16(11-9-15)26(30)31)18-19(22)25(12-6-4-2)21(29)23-20(18)28/h8-11H,3-7,12-14,22H2,1-2H3,(H,23,28,29). The van der Waals surface area contributed by atoms with Gasteiger partial charge in [0.15, 0.2) is 5.69 Å². The third kappa shape index (κ3) is 6.03. The molecule has 2 aromatic rings. The number of hydrogen-bond donors (Lipinski definition) is 2. The van der Waals surface area contributed by atoms with Crippen LogP contribution in [0.15, 0.2) is 33.9 Å². The van der Waals surface area contributed by atoms with Gasteiger partial charge in [-0.1, -0.05) is 45.2 Å². The van der Waals surface area contributed by atoms with Gasteiger partial charge in [0.05, 0.1) is 11.3 Å². The second-order valence-corrected chi connectivity index (χ2v) is 7.35. The molecule has 0 saturated carbocycles. The number of nitrogens with two attached hydrogens (primary N) is 1. The SMILES string of the molecule is CCCCCN(C(=O)Cc1ccc([N+](=O)[O-])cc1)c1c(N)n(CCCC)c(=O)[nH]c1=O. The van der Waals surface area contributed by atoms with E-state index in [1.165, 1.54) is 33.7 Å². The van der Waals surface area contributed by atoms with Crippen LogP contribution < -0.4 is 21.9 Å². The number of nitrogens with one attached hydrogen (secondary N) is 1. The minimum absolute atomic E-state index is 0.0290. The monoisotopic (exact) mass is 431 g/mol. The van der Waals surface area contributed by atoms with Gasteiger partial charge in [-0.25, -0.2) is 4.79 Å². The average Bonchev–Trinajstić information content (AvgIpc) is 2.72. The van der Waals surface area contributed by atoms with Crippen molar-refractivity contribution in [2.75, 3.05) is 17.2 Å². The maximum atomic E-state index is 13.1. The molecular formula is C21H29N5O5. The molecule has 0 saturated heterocycles. The van der Waals surface area contributed by atoms with E-state index in [1.54, 1.807) is 0 Å². The van der Waals surface area contributed by atoms with Crippen LogP contribution in [0.2, 0.25) is 0 Å². The highest BCUT2D eigenvalue weighted by Crippen LogP contribution is 2.20. The predicted octanol–water partition coefficient (Wildman–Crippen LogP) is 2.59. The number of rotatable bonds is 11. The summed E-state index contributed by atoms with van der Waals surface area (Å²) in [6.07, 6.45) is 3.91. The number of nitrogens with zero attached hydrogens (tertiary/aromatic N) is 3. The molecule has 1 aromatic carbocycles. The van der Waals surface area contributed by atoms with Crippen molar-refractivity contribution in [1.29, 1.82) is 0 Å². The Labute approximate surface area is 179 Å². The lowest BCUT2D eigenvalue weighted by atomic mass is 10.1. The number of hydrogen-bond acceptors (Lipinski definition) is 6. The van der Waals surface area contributed by atoms with E-state index in [9.17, 15) is 24.5 Å². The Morgan fingerprint density at radius 3 is 2.35 bits per heavy atom. The van der Waals surface area contributed by atoms with Crippen molar-refractivity contribution < 1.29 is 9.72 Å². The van der Waals surface area contributed by atoms with Gasteiger partial charge in [0.25, 0.3) is 11.2 Å². The van der Waals surface area contributed by atoms with Gasteiger partial charge in [-0.2, -0.15) is 0 Å². The van der Waals surface area contributed by atoms with Crippen LogP contribution in [0.4, 0.5) is 17.2 Å². The Hall–Kier alpha value is -3.43. The molecule has 1 aromatic heterocycles. The van der Waals surface area contributed by atoms with Gasteiger partial charge in [0.2, 0.25) is 5.91 Å². The summed E-state index contributed by atoms with van der Waals surface area (Å²) in [5.74, 6) is -0.404. The Bertz CT molecular complexity index is 1030. The van der Waals surface area contributed by atoms with Gasteiger partial charge in [0, 0.05) is 25.2 Å². The van der Waals surface area contributed by atoms with Gasteiger partial charge in [-0.05, 0) is 18.4 Å². The summed E-state index contributed by atoms with van der Waals surface area (Å²) in [6, 6.07) is 5.68. The lowest BCUT2D eigenvalue weighted by Crippen LogP contribution is -2.42. The fourth-order valence-electron chi connectivity index (χ4n) is 3.26. The van der Waals surface area contributed by atoms with Gasteiger partial charge in [0.1, 0.15) is 5.82 Å². The first kappa shape index (κ1) is 23.8. The van der Waals surface area contributed by atoms with E-state index in [-0.39, 0.29) is 36.1 Å². The second-order valence-electron chi connectivity index (χ2n) is 7.35. The van der Waals surface area contributed by atoms with Gasteiger partial charge in [-0.3, -0.25) is 29.3 Å². The lowest BCUT2D eigenvalue weighted by Gasteiger charge is -2.24. The van der Waals surface area contributed by atoms with Crippen LogP contribution in [0.1, 0.15) is 51.5 Å². The molecule has 0 radical (unpaired) electrons. The number of non-ortho nitro benzene ring substituents is 1. The number of benzene rings is 1. The highest BCUT2D eigenvalue weighted by molar-refractivity contribution is 5.96. The van der Waals surface area contributed by atoms with Crippen LogP contribution in [0.5, 0.6) is 0 Å². The summed E-state index contributed by atoms with van der Waals surface area (Å²) in [6.45, 7) is 4.61. The highest BCUT2D eigenvalue weighted by Gasteiger charge is 2.24. The third-order valence-corrected chi connectivity index (χ3v) is 5.01. The number of H-pyrrole nitrogens is 1. The zero-order valence-corrected chi connectivity index (χ0v) is 17.9. The van der Waals surface area contributed by atoms with E-state index >= 15 is 0 Å². The van der Waals surface area contributed by atoms with E-state index < -0.39 is 16.2 Å². The van der Waals surface area contributed by atoms with E-state index in [2.05, 4.69) is 4.98 Å². The number of aromatic nitrogens is 2. The number of nitrogen functional groups attached to an aromatic ring is 1. The van der Waals surface area contributed by atoms with Crippen LogP contribution in [0.3, 0.4) is 0 Å². The molecule has 10 nitrogen and oxygen atoms in total. The summed E-state index contributed by atoms with van der Waals surface area (Å²) in [5, 5.41) is 10.8. The van der Waals surface area contributed by atoms with Crippen molar-refractivity contribution in [3.63, 3.8) is 0 Å². The van der Waals surface area contributed by atoms with Crippen molar-refractivity contribution in [3.05, 3.63) is 60.8 Å². The van der Waals surface area contributed by atoms with Crippen LogP contribution in [-0.2, 0) is 17.8 Å². The van der Waals surface area contributed by atoms with Gasteiger partial charge < -0.3 is 10.6 Å². The summed E-state index contributed by atoms with van der Waals surface area (Å²) in [7, 11) is 0. The molecule has 0 aliphatic rings. The molecule has 31 heavy (non-hydrogen) atoms. The van der Waals surface area contributed by atoms with Crippen molar-refractivity contribution >= 4 is 23.1 Å². The molecule has 168 valence electrons. The molecule has 0 aliphatic carbocycles. The topological polar surface area (TPSA) is 144 Å². The summed E-state index contributed by atoms with van der Waals surface area (Å²) in [4.78, 5) is 51.9. The molecule has 0 atom stereocenters. The smallest absolute Gasteiger partial charge is 0.330 e. The molecular weight excluding hydrogens is 402 g/mol. The molecule has 2 rings (SSSR count). The molecule has 0 fully saturated rings. The molecule has 0 spiro atoms. The van der Waals surface area contributed by atoms with E-state index in [4.69, 9.17) is 5.73 Å². The van der Waals surface area contributed by atoms with Crippen LogP contribution in [-0.4, -0.2) is 26.9 Å². The fourth-order valence-corrected chi connectivity index (χ4v) is 3.26. The van der Waals surface area contributed by atoms with Crippen molar-refractivity contribution in [2.45, 2.75) is 58.9 Å². The Morgan fingerprint density at radius 1 is 1.13 bits per heavy atom. The van der Waals surface area contributed by atoms with Crippen molar-refractivity contribution in [2.24, 2.45) is 0 Å². The first-order valence-corrected chi connectivity index (χ1v) is 10.5. The molecule has 1 amide bonds. The number of carbonyl (C=O) groups is 1. The van der Waals surface area contributed by atoms with E-state index in [1.807, 2.05) is 13.8 Å². The number of amides is 1. The molecule has 10 heteroatoms. The lowest BCUT2D eigenvalue weighted by molar-refractivity contribution is -0.384. The molecule has 0 bridgehead atoms. The molecule has 1 heterocycles. The Kier molecular flexibility index (Phi) is 8.53. The zero-order chi connectivity index (χ0) is 23.0. The number of nitro benzene ring substituents is 1. The number of nitro groups is 1. The molecule has 0 aliphatic heterocycles. The Balaban J connectivity index is 2.41. The first-order valence-electron chi connectivity index (χ1n) is 10.5. The first-order chi connectivity index (χ1) is 14.8. The summed E-state index contributed by atoms with van der Waals surface area (Å²) >= 11 is 0. The Morgan fingerprint density at radius 2 is 1.77 bits per heavy atom. The quantitative estimate of drug-likeness (QED) is 0.318. The van der Waals surface area contributed by atoms with Crippen LogP contribution >= 0.6 is 0 Å². The highest BCUT2D eigenvalue weighted by atomic mass is 16.6. The predicted molar refractivity (Wildman–Crippen MR) is 119 cm³/mol. The van der Waals surface area contributed by atoms with E-state index in [0.29, 0.717) is 24.9 Å². The zero-order valence-electron chi connectivity index (χ0n) is 17.9.